The molecule has 62 valence electrons. The van der Waals surface area contributed by atoms with Crippen molar-refractivity contribution in [3.05, 3.63) is 0 Å². The molecule has 0 spiro atoms. The molecule has 0 rings (SSSR count). The summed E-state index contributed by atoms with van der Waals surface area (Å²) in [6.45, 7) is 0. The average Bonchev–Trinajstić information content (AvgIpc) is 2.26. The molecule has 0 N–H and O–H groups in total. The van der Waals surface area contributed by atoms with Gasteiger partial charge < -0.3 is 0 Å². The van der Waals surface area contributed by atoms with Crippen molar-refractivity contribution in [1.29, 1.82) is 31.6 Å². The first-order valence-electron chi connectivity index (χ1n) is 2.40. The van der Waals surface area contributed by atoms with Crippen molar-refractivity contribution >= 4 is 0 Å². The number of hydrogen-bond acceptors (Lipinski definition) is 6. The number of nitrogens with zero attached hydrogens (tertiary/aromatic N) is 6. The standard InChI is InChI=1S/6CN.Os/c6*1-2;. The molecule has 0 aliphatic carbocycles. The van der Waals surface area contributed by atoms with Crippen LogP contribution in [0.5, 0.6) is 0 Å². The van der Waals surface area contributed by atoms with Gasteiger partial charge in [-0.1, -0.05) is 0 Å². The molecular weight excluding hydrogens is 346 g/mol. The summed E-state index contributed by atoms with van der Waals surface area (Å²) in [6.07, 6.45) is 0. The minimum atomic E-state index is -6.75. The average molecular weight is 346 g/mol. The second kappa shape index (κ2) is 2.04. The van der Waals surface area contributed by atoms with Crippen LogP contribution in [0.3, 0.4) is 0 Å². The Labute approximate surface area is 72.3 Å². The maximum absolute atomic E-state index is 8.60. The molecule has 0 amide bonds. The van der Waals surface area contributed by atoms with E-state index in [0.29, 0.717) is 0 Å². The second-order valence-corrected chi connectivity index (χ2v) is 14.7. The Morgan fingerprint density at radius 3 is 0.615 bits per heavy atom. The molecule has 0 saturated heterocycles. The van der Waals surface area contributed by atoms with Crippen LogP contribution in [-0.2, 0) is 12.6 Å². The maximum atomic E-state index is 8.60. The number of nitriles is 6. The van der Waals surface area contributed by atoms with Crippen LogP contribution < -0.4 is 0 Å². The van der Waals surface area contributed by atoms with Crippen LogP contribution in [0.25, 0.3) is 0 Å². The van der Waals surface area contributed by atoms with Gasteiger partial charge in [0, 0.05) is 0 Å². The Hall–Kier alpha value is -2.42. The molecule has 0 atom stereocenters. The van der Waals surface area contributed by atoms with Crippen molar-refractivity contribution in [2.24, 2.45) is 0 Å². The van der Waals surface area contributed by atoms with Crippen LogP contribution in [-0.4, -0.2) is 0 Å². The van der Waals surface area contributed by atoms with E-state index in [1.807, 2.05) is 0 Å². The van der Waals surface area contributed by atoms with E-state index in [4.69, 9.17) is 31.6 Å². The zero-order chi connectivity index (χ0) is 10.7. The van der Waals surface area contributed by atoms with Crippen molar-refractivity contribution in [1.82, 2.24) is 0 Å². The Balaban J connectivity index is 6.92. The molecule has 0 radical (unpaired) electrons. The summed E-state index contributed by atoms with van der Waals surface area (Å²) in [5, 5.41) is 51.6. The Bertz CT molecular complexity index is 387. The van der Waals surface area contributed by atoms with E-state index in [9.17, 15) is 0 Å². The quantitative estimate of drug-likeness (QED) is 0.608. The van der Waals surface area contributed by atoms with Crippen LogP contribution in [0, 0.1) is 59.3 Å². The SMILES string of the molecule is N#[C][Os]([C]#N)([C]#N)([C]#N)([C]#N)[C]#N. The van der Waals surface area contributed by atoms with Gasteiger partial charge in [-0.05, 0) is 0 Å². The molecule has 0 aromatic heterocycles. The van der Waals surface area contributed by atoms with E-state index in [-0.39, 0.29) is 0 Å². The fourth-order valence-electron chi connectivity index (χ4n) is 0.265. The third-order valence-corrected chi connectivity index (χ3v) is 9.71. The van der Waals surface area contributed by atoms with Crippen LogP contribution >= 0.6 is 0 Å². The molecule has 0 bridgehead atoms. The Kier molecular flexibility index (Phi) is 1.66. The van der Waals surface area contributed by atoms with Gasteiger partial charge in [0.1, 0.15) is 0 Å². The molecule has 13 heavy (non-hydrogen) atoms. The summed E-state index contributed by atoms with van der Waals surface area (Å²) in [6, 6.07) is 0. The molecule has 0 heterocycles. The van der Waals surface area contributed by atoms with Crippen molar-refractivity contribution in [2.45, 2.75) is 0 Å². The van der Waals surface area contributed by atoms with E-state index >= 15 is 0 Å². The summed E-state index contributed by atoms with van der Waals surface area (Å²) in [7, 11) is 0. The summed E-state index contributed by atoms with van der Waals surface area (Å²) in [4.78, 5) is 0. The van der Waals surface area contributed by atoms with Gasteiger partial charge in [-0.2, -0.15) is 0 Å². The fraction of sp³-hybridized carbons (Fsp3) is 0. The summed E-state index contributed by atoms with van der Waals surface area (Å²) < 4.78 is 6.47. The number of rotatable bonds is 0. The van der Waals surface area contributed by atoms with Gasteiger partial charge in [-0.25, -0.2) is 0 Å². The summed E-state index contributed by atoms with van der Waals surface area (Å²) >= 11 is -6.75. The van der Waals surface area contributed by atoms with Crippen LogP contribution in [0.2, 0.25) is 0 Å². The van der Waals surface area contributed by atoms with Gasteiger partial charge in [0.2, 0.25) is 0 Å². The molecule has 0 aromatic carbocycles. The molecule has 0 aliphatic rings. The van der Waals surface area contributed by atoms with E-state index in [1.54, 1.807) is 0 Å². The topological polar surface area (TPSA) is 143 Å². The Morgan fingerprint density at radius 2 is 0.615 bits per heavy atom. The van der Waals surface area contributed by atoms with Gasteiger partial charge in [0.25, 0.3) is 0 Å². The second-order valence-electron chi connectivity index (χ2n) is 1.80. The van der Waals surface area contributed by atoms with Crippen molar-refractivity contribution < 1.29 is 12.6 Å². The van der Waals surface area contributed by atoms with Crippen molar-refractivity contribution in [3.63, 3.8) is 0 Å². The molecule has 0 aromatic rings. The van der Waals surface area contributed by atoms with Crippen molar-refractivity contribution in [2.75, 3.05) is 0 Å². The summed E-state index contributed by atoms with van der Waals surface area (Å²) in [5.74, 6) is 0. The molecular formula is C6N6Os. The van der Waals surface area contributed by atoms with Gasteiger partial charge in [-0.3, -0.25) is 0 Å². The van der Waals surface area contributed by atoms with E-state index in [2.05, 4.69) is 0 Å². The predicted octanol–water partition coefficient (Wildman–Crippen LogP) is 0.0982. The predicted molar refractivity (Wildman–Crippen MR) is 33.7 cm³/mol. The van der Waals surface area contributed by atoms with Gasteiger partial charge in [0.15, 0.2) is 0 Å². The van der Waals surface area contributed by atoms with Gasteiger partial charge >= 0.3 is 72.0 Å². The first-order valence-corrected chi connectivity index (χ1v) is 10.0. The Morgan fingerprint density at radius 1 is 0.462 bits per heavy atom. The zero-order valence-corrected chi connectivity index (χ0v) is 8.58. The van der Waals surface area contributed by atoms with E-state index < -0.39 is 12.6 Å². The molecule has 0 fully saturated rings. The molecule has 7 heteroatoms. The first-order chi connectivity index (χ1) is 5.97. The summed E-state index contributed by atoms with van der Waals surface area (Å²) in [5.41, 5.74) is 0. The van der Waals surface area contributed by atoms with Gasteiger partial charge in [0.05, 0.1) is 0 Å². The van der Waals surface area contributed by atoms with Crippen LogP contribution in [0.4, 0.5) is 0 Å². The monoisotopic (exact) mass is 348 g/mol. The van der Waals surface area contributed by atoms with Crippen LogP contribution in [0.1, 0.15) is 0 Å². The first kappa shape index (κ1) is 10.6. The molecule has 6 nitrogen and oxygen atoms in total. The van der Waals surface area contributed by atoms with Gasteiger partial charge in [-0.15, -0.1) is 0 Å². The van der Waals surface area contributed by atoms with E-state index in [1.165, 1.54) is 0 Å². The third-order valence-electron chi connectivity index (χ3n) is 1.19. The van der Waals surface area contributed by atoms with E-state index in [0.717, 1.165) is 27.7 Å². The number of hydrogen-bond donors (Lipinski definition) is 0. The fourth-order valence-corrected chi connectivity index (χ4v) is 2.17. The van der Waals surface area contributed by atoms with Crippen molar-refractivity contribution in [3.8, 4) is 27.7 Å². The van der Waals surface area contributed by atoms with Crippen LogP contribution in [0.15, 0.2) is 0 Å². The molecule has 0 saturated carbocycles. The molecule has 0 unspecified atom stereocenters. The zero-order valence-electron chi connectivity index (χ0n) is 6.04. The molecule has 0 aliphatic heterocycles. The minimum absolute atomic E-state index is 1.08. The third kappa shape index (κ3) is 0.723. The normalized spacial score (nSPS) is 13.4.